The molecule has 1 atom stereocenters. The summed E-state index contributed by atoms with van der Waals surface area (Å²) in [6.07, 6.45) is -18.0. The van der Waals surface area contributed by atoms with Crippen LogP contribution in [0.1, 0.15) is 13.8 Å². The van der Waals surface area contributed by atoms with Gasteiger partial charge in [0.25, 0.3) is 6.36 Å². The minimum atomic E-state index is -6.88. The van der Waals surface area contributed by atoms with Gasteiger partial charge in [-0.3, -0.25) is 4.74 Å². The molecule has 0 aliphatic rings. The number of rotatable bonds is 5. The summed E-state index contributed by atoms with van der Waals surface area (Å²) in [6, 6.07) is 0. The second-order valence-corrected chi connectivity index (χ2v) is 2.94. The second-order valence-electron chi connectivity index (χ2n) is 2.94. The Morgan fingerprint density at radius 1 is 0.900 bits per heavy atom. The largest absolute Gasteiger partial charge is 0.462 e. The summed E-state index contributed by atoms with van der Waals surface area (Å²) >= 11 is 0. The lowest BCUT2D eigenvalue weighted by atomic mass is 10.3. The van der Waals surface area contributed by atoms with Gasteiger partial charge in [0.15, 0.2) is 0 Å². The van der Waals surface area contributed by atoms with Crippen molar-refractivity contribution in [1.82, 2.24) is 0 Å². The molecular weight excluding hydrogens is 318 g/mol. The first-order chi connectivity index (χ1) is 8.69. The van der Waals surface area contributed by atoms with Crippen molar-refractivity contribution in [3.05, 3.63) is 0 Å². The van der Waals surface area contributed by atoms with Crippen LogP contribution in [0, 0.1) is 0 Å². The molecule has 1 unspecified atom stereocenters. The van der Waals surface area contributed by atoms with Crippen LogP contribution < -0.4 is 0 Å². The van der Waals surface area contributed by atoms with Crippen molar-refractivity contribution in [2.24, 2.45) is 0 Å². The highest BCUT2D eigenvalue weighted by atomic mass is 19.4. The lowest BCUT2D eigenvalue weighted by Gasteiger charge is -2.30. The first-order valence-electron chi connectivity index (χ1n) is 4.82. The predicted molar refractivity (Wildman–Crippen MR) is 45.3 cm³/mol. The van der Waals surface area contributed by atoms with E-state index in [2.05, 4.69) is 4.74 Å². The van der Waals surface area contributed by atoms with Crippen LogP contribution in [-0.4, -0.2) is 42.2 Å². The van der Waals surface area contributed by atoms with Gasteiger partial charge in [-0.1, -0.05) is 13.8 Å². The van der Waals surface area contributed by atoms with Crippen molar-refractivity contribution in [1.29, 1.82) is 0 Å². The van der Waals surface area contributed by atoms with Crippen molar-refractivity contribution in [3.63, 3.8) is 0 Å². The van der Waals surface area contributed by atoms with Crippen LogP contribution in [-0.2, 0) is 4.74 Å². The summed E-state index contributed by atoms with van der Waals surface area (Å²) in [4.78, 5) is 0. The average molecular weight is 328 g/mol. The molecule has 0 aromatic rings. The highest BCUT2D eigenvalue weighted by Crippen LogP contribution is 2.48. The van der Waals surface area contributed by atoms with Crippen molar-refractivity contribution >= 4 is 0 Å². The van der Waals surface area contributed by atoms with E-state index in [9.17, 15) is 43.9 Å². The van der Waals surface area contributed by atoms with Crippen LogP contribution in [0.25, 0.3) is 0 Å². The second kappa shape index (κ2) is 6.78. The number of hydrogen-bond acceptors (Lipinski definition) is 2. The van der Waals surface area contributed by atoms with E-state index in [1.807, 2.05) is 13.8 Å². The van der Waals surface area contributed by atoms with E-state index >= 15 is 0 Å². The van der Waals surface area contributed by atoms with Gasteiger partial charge in [-0.25, -0.2) is 4.39 Å². The Kier molecular flexibility index (Phi) is 7.30. The molecule has 0 saturated carbocycles. The molecule has 2 nitrogen and oxygen atoms in total. The van der Waals surface area contributed by atoms with Crippen LogP contribution in [0.5, 0.6) is 0 Å². The van der Waals surface area contributed by atoms with Crippen LogP contribution in [0.15, 0.2) is 0 Å². The molecule has 0 aromatic heterocycles. The molecule has 124 valence electrons. The molecule has 0 rings (SSSR count). The minimum absolute atomic E-state index is 2.00. The first-order valence-corrected chi connectivity index (χ1v) is 4.82. The Bertz CT molecular complexity index is 287. The average Bonchev–Trinajstić information content (AvgIpc) is 2.29. The summed E-state index contributed by atoms with van der Waals surface area (Å²) in [6.45, 7) is 1.57. The molecule has 0 heterocycles. The fraction of sp³-hybridized carbons (Fsp3) is 1.00. The maximum absolute atomic E-state index is 12.3. The van der Waals surface area contributed by atoms with Gasteiger partial charge in [-0.05, 0) is 0 Å². The number of aliphatic hydroxyl groups excluding tert-OH is 1. The molecule has 0 saturated heterocycles. The molecule has 0 aromatic carbocycles. The quantitative estimate of drug-likeness (QED) is 0.779. The van der Waals surface area contributed by atoms with Crippen molar-refractivity contribution in [3.8, 4) is 0 Å². The van der Waals surface area contributed by atoms with Gasteiger partial charge >= 0.3 is 24.1 Å². The van der Waals surface area contributed by atoms with Gasteiger partial charge in [0.1, 0.15) is 6.61 Å². The number of hydrogen-bond donors (Lipinski definition) is 1. The highest BCUT2D eigenvalue weighted by molar-refractivity contribution is 4.86. The SMILES string of the molecule is CC.OCC(F)(F)C(F)OC(F)(F)C(F)(F)C(F)(F)F. The van der Waals surface area contributed by atoms with E-state index in [0.29, 0.717) is 0 Å². The van der Waals surface area contributed by atoms with Crippen molar-refractivity contribution < 1.29 is 53.7 Å². The number of halogens is 10. The predicted octanol–water partition coefficient (Wildman–Crippen LogP) is 3.74. The monoisotopic (exact) mass is 328 g/mol. The van der Waals surface area contributed by atoms with Crippen molar-refractivity contribution in [2.45, 2.75) is 44.3 Å². The topological polar surface area (TPSA) is 29.5 Å². The summed E-state index contributed by atoms with van der Waals surface area (Å²) in [5.74, 6) is -11.9. The van der Waals surface area contributed by atoms with Crippen LogP contribution in [0.2, 0.25) is 0 Å². The Labute approximate surface area is 106 Å². The van der Waals surface area contributed by atoms with E-state index in [4.69, 9.17) is 5.11 Å². The van der Waals surface area contributed by atoms with Gasteiger partial charge in [-0.2, -0.15) is 39.5 Å². The minimum Gasteiger partial charge on any atom is -0.390 e. The lowest BCUT2D eigenvalue weighted by Crippen LogP contribution is -2.56. The summed E-state index contributed by atoms with van der Waals surface area (Å²) < 4.78 is 122. The smallest absolute Gasteiger partial charge is 0.390 e. The normalized spacial score (nSPS) is 15.4. The maximum Gasteiger partial charge on any atom is 0.462 e. The molecule has 0 aliphatic carbocycles. The number of alkyl halides is 10. The Balaban J connectivity index is 0. The summed E-state index contributed by atoms with van der Waals surface area (Å²) in [7, 11) is 0. The molecule has 0 aliphatic heterocycles. The Hall–Kier alpha value is -0.780. The molecule has 0 spiro atoms. The molecule has 1 N–H and O–H groups in total. The van der Waals surface area contributed by atoms with Crippen LogP contribution >= 0.6 is 0 Å². The van der Waals surface area contributed by atoms with E-state index in [-0.39, 0.29) is 0 Å². The maximum atomic E-state index is 12.3. The number of aliphatic hydroxyl groups is 1. The van der Waals surface area contributed by atoms with Gasteiger partial charge in [-0.15, -0.1) is 0 Å². The van der Waals surface area contributed by atoms with Gasteiger partial charge in [0.05, 0.1) is 0 Å². The molecule has 20 heavy (non-hydrogen) atoms. The van der Waals surface area contributed by atoms with E-state index in [1.54, 1.807) is 0 Å². The van der Waals surface area contributed by atoms with E-state index in [1.165, 1.54) is 0 Å². The number of ether oxygens (including phenoxy) is 1. The molecule has 0 bridgehead atoms. The standard InChI is InChI=1S/C6H4F10O2.C2H6/c7-2(3(8,9)1-17)18-6(15,16)4(10,11)5(12,13)14;1-2/h2,17H,1H2;1-2H3. The third-order valence-corrected chi connectivity index (χ3v) is 1.52. The third kappa shape index (κ3) is 4.65. The van der Waals surface area contributed by atoms with Gasteiger partial charge in [0.2, 0.25) is 0 Å². The van der Waals surface area contributed by atoms with Crippen molar-refractivity contribution in [2.75, 3.05) is 6.61 Å². The fourth-order valence-electron chi connectivity index (χ4n) is 0.527. The Morgan fingerprint density at radius 2 is 1.25 bits per heavy atom. The van der Waals surface area contributed by atoms with Crippen LogP contribution in [0.3, 0.4) is 0 Å². The molecule has 0 fully saturated rings. The first kappa shape index (κ1) is 21.5. The highest BCUT2D eigenvalue weighted by Gasteiger charge is 2.75. The lowest BCUT2D eigenvalue weighted by molar-refractivity contribution is -0.450. The van der Waals surface area contributed by atoms with E-state index in [0.717, 1.165) is 0 Å². The molecule has 0 radical (unpaired) electrons. The third-order valence-electron chi connectivity index (χ3n) is 1.52. The Morgan fingerprint density at radius 3 is 1.50 bits per heavy atom. The molecular formula is C8H10F10O2. The van der Waals surface area contributed by atoms with E-state index < -0.39 is 37.1 Å². The molecule has 0 amide bonds. The zero-order valence-corrected chi connectivity index (χ0v) is 9.92. The summed E-state index contributed by atoms with van der Waals surface area (Å²) in [5, 5.41) is 7.80. The molecule has 12 heteroatoms. The van der Waals surface area contributed by atoms with Crippen LogP contribution in [0.4, 0.5) is 43.9 Å². The summed E-state index contributed by atoms with van der Waals surface area (Å²) in [5.41, 5.74) is 0. The zero-order valence-electron chi connectivity index (χ0n) is 9.92. The fourth-order valence-corrected chi connectivity index (χ4v) is 0.527. The van der Waals surface area contributed by atoms with Gasteiger partial charge < -0.3 is 5.11 Å². The van der Waals surface area contributed by atoms with Gasteiger partial charge in [0, 0.05) is 0 Å². The zero-order chi connectivity index (χ0) is 17.0.